The van der Waals surface area contributed by atoms with Crippen molar-refractivity contribution in [3.63, 3.8) is 0 Å². The topological polar surface area (TPSA) is 87.7 Å². The molecule has 1 aliphatic heterocycles. The second-order valence-electron chi connectivity index (χ2n) is 6.50. The molecule has 0 aliphatic carbocycles. The van der Waals surface area contributed by atoms with Gasteiger partial charge in [-0.3, -0.25) is 9.59 Å². The molecule has 7 heteroatoms. The van der Waals surface area contributed by atoms with E-state index in [-0.39, 0.29) is 30.4 Å². The summed E-state index contributed by atoms with van der Waals surface area (Å²) in [6.45, 7) is 7.11. The lowest BCUT2D eigenvalue weighted by Crippen LogP contribution is -2.47. The van der Waals surface area contributed by atoms with Gasteiger partial charge in [-0.25, -0.2) is 4.79 Å². The van der Waals surface area contributed by atoms with Crippen LogP contribution in [0.4, 0.5) is 10.5 Å². The monoisotopic (exact) mass is 361 g/mol. The number of carbonyl (C=O) groups excluding carboxylic acids is 3. The number of hydrogen-bond donors (Lipinski definition) is 2. The van der Waals surface area contributed by atoms with Gasteiger partial charge in [0.2, 0.25) is 11.8 Å². The number of carbonyl (C=O) groups is 3. The van der Waals surface area contributed by atoms with Crippen molar-refractivity contribution < 1.29 is 19.1 Å². The number of rotatable bonds is 5. The van der Waals surface area contributed by atoms with Crippen LogP contribution in [0.15, 0.2) is 18.2 Å². The van der Waals surface area contributed by atoms with E-state index in [4.69, 9.17) is 4.74 Å². The Labute approximate surface area is 154 Å². The van der Waals surface area contributed by atoms with Gasteiger partial charge in [-0.1, -0.05) is 12.1 Å². The molecule has 2 rings (SSSR count). The highest BCUT2D eigenvalue weighted by molar-refractivity contribution is 6.04. The first kappa shape index (κ1) is 19.8. The summed E-state index contributed by atoms with van der Waals surface area (Å²) >= 11 is 0. The largest absolute Gasteiger partial charge is 0.450 e. The maximum atomic E-state index is 12.1. The molecular formula is C19H27N3O4. The van der Waals surface area contributed by atoms with Gasteiger partial charge in [0, 0.05) is 24.8 Å². The van der Waals surface area contributed by atoms with Crippen molar-refractivity contribution in [2.45, 2.75) is 46.1 Å². The summed E-state index contributed by atoms with van der Waals surface area (Å²) in [5, 5.41) is 5.66. The van der Waals surface area contributed by atoms with Gasteiger partial charge in [0.25, 0.3) is 0 Å². The molecule has 0 spiro atoms. The first-order valence-electron chi connectivity index (χ1n) is 8.97. The highest BCUT2D eigenvalue weighted by atomic mass is 16.6. The molecule has 0 saturated carbocycles. The number of amides is 3. The number of nitrogens with one attached hydrogen (secondary N) is 2. The standard InChI is InChI=1S/C19H27N3O4/c1-4-26-19(25)22-10-8-15(9-11-22)20-17(23)12-18(24)21-16-7-5-6-13(2)14(16)3/h5-7,15H,4,8-12H2,1-3H3,(H,20,23)(H,21,24). The third-order valence-corrected chi connectivity index (χ3v) is 4.59. The van der Waals surface area contributed by atoms with E-state index >= 15 is 0 Å². The Hall–Kier alpha value is -2.57. The van der Waals surface area contributed by atoms with E-state index in [0.29, 0.717) is 32.5 Å². The minimum Gasteiger partial charge on any atom is -0.450 e. The van der Waals surface area contributed by atoms with E-state index in [1.54, 1.807) is 11.8 Å². The number of piperidine rings is 1. The summed E-state index contributed by atoms with van der Waals surface area (Å²) in [6.07, 6.45) is 0.780. The molecule has 7 nitrogen and oxygen atoms in total. The quantitative estimate of drug-likeness (QED) is 0.788. The molecule has 142 valence electrons. The molecule has 1 aliphatic rings. The van der Waals surface area contributed by atoms with Crippen LogP contribution in [0.25, 0.3) is 0 Å². The van der Waals surface area contributed by atoms with Gasteiger partial charge in [0.1, 0.15) is 6.42 Å². The number of nitrogens with zero attached hydrogens (tertiary/aromatic N) is 1. The summed E-state index contributed by atoms with van der Waals surface area (Å²) < 4.78 is 4.97. The van der Waals surface area contributed by atoms with Crippen LogP contribution in [-0.4, -0.2) is 48.5 Å². The molecule has 0 atom stereocenters. The van der Waals surface area contributed by atoms with Gasteiger partial charge in [0.15, 0.2) is 0 Å². The van der Waals surface area contributed by atoms with E-state index in [1.807, 2.05) is 32.0 Å². The fourth-order valence-corrected chi connectivity index (χ4v) is 2.93. The van der Waals surface area contributed by atoms with Crippen molar-refractivity contribution in [1.82, 2.24) is 10.2 Å². The smallest absolute Gasteiger partial charge is 0.409 e. The Morgan fingerprint density at radius 2 is 1.85 bits per heavy atom. The van der Waals surface area contributed by atoms with E-state index in [0.717, 1.165) is 16.8 Å². The fraction of sp³-hybridized carbons (Fsp3) is 0.526. The second kappa shape index (κ2) is 9.22. The van der Waals surface area contributed by atoms with Crippen LogP contribution in [-0.2, 0) is 14.3 Å². The van der Waals surface area contributed by atoms with Crippen LogP contribution in [0.5, 0.6) is 0 Å². The van der Waals surface area contributed by atoms with E-state index in [1.165, 1.54) is 0 Å². The number of anilines is 1. The molecule has 0 aromatic heterocycles. The number of benzene rings is 1. The van der Waals surface area contributed by atoms with Crippen LogP contribution in [0.1, 0.15) is 37.3 Å². The predicted molar refractivity (Wildman–Crippen MR) is 98.9 cm³/mol. The summed E-state index contributed by atoms with van der Waals surface area (Å²) in [5.74, 6) is -0.637. The molecule has 2 N–H and O–H groups in total. The molecule has 1 aromatic carbocycles. The lowest BCUT2D eigenvalue weighted by atomic mass is 10.1. The molecule has 1 fully saturated rings. The zero-order valence-corrected chi connectivity index (χ0v) is 15.6. The molecule has 0 radical (unpaired) electrons. The molecule has 1 aromatic rings. The van der Waals surface area contributed by atoms with Gasteiger partial charge in [-0.2, -0.15) is 0 Å². The molecule has 1 heterocycles. The Morgan fingerprint density at radius 3 is 2.50 bits per heavy atom. The normalized spacial score (nSPS) is 14.7. The first-order chi connectivity index (χ1) is 12.4. The zero-order chi connectivity index (χ0) is 19.1. The Bertz CT molecular complexity index is 667. The number of likely N-dealkylation sites (tertiary alicyclic amines) is 1. The highest BCUT2D eigenvalue weighted by Gasteiger charge is 2.25. The Kier molecular flexibility index (Phi) is 7.00. The molecule has 0 unspecified atom stereocenters. The molecule has 26 heavy (non-hydrogen) atoms. The number of aryl methyl sites for hydroxylation is 1. The molecule has 0 bridgehead atoms. The lowest BCUT2D eigenvalue weighted by Gasteiger charge is -2.31. The van der Waals surface area contributed by atoms with Crippen LogP contribution >= 0.6 is 0 Å². The lowest BCUT2D eigenvalue weighted by molar-refractivity contribution is -0.127. The van der Waals surface area contributed by atoms with Gasteiger partial charge in [0.05, 0.1) is 6.61 Å². The SMILES string of the molecule is CCOC(=O)N1CCC(NC(=O)CC(=O)Nc2cccc(C)c2C)CC1. The van der Waals surface area contributed by atoms with Gasteiger partial charge in [-0.15, -0.1) is 0 Å². The molecule has 1 saturated heterocycles. The zero-order valence-electron chi connectivity index (χ0n) is 15.6. The fourth-order valence-electron chi connectivity index (χ4n) is 2.93. The minimum absolute atomic E-state index is 0.0262. The average Bonchev–Trinajstić information content (AvgIpc) is 2.59. The van der Waals surface area contributed by atoms with E-state index in [2.05, 4.69) is 10.6 Å². The van der Waals surface area contributed by atoms with Gasteiger partial charge < -0.3 is 20.3 Å². The summed E-state index contributed by atoms with van der Waals surface area (Å²) in [4.78, 5) is 37.5. The van der Waals surface area contributed by atoms with E-state index in [9.17, 15) is 14.4 Å². The van der Waals surface area contributed by atoms with Crippen LogP contribution in [0, 0.1) is 13.8 Å². The number of hydrogen-bond acceptors (Lipinski definition) is 4. The maximum absolute atomic E-state index is 12.1. The molecular weight excluding hydrogens is 334 g/mol. The van der Waals surface area contributed by atoms with Crippen molar-refractivity contribution in [2.75, 3.05) is 25.0 Å². The van der Waals surface area contributed by atoms with E-state index < -0.39 is 0 Å². The van der Waals surface area contributed by atoms with Gasteiger partial charge >= 0.3 is 6.09 Å². The molecule has 3 amide bonds. The van der Waals surface area contributed by atoms with Crippen LogP contribution in [0.3, 0.4) is 0 Å². The third kappa shape index (κ3) is 5.47. The van der Waals surface area contributed by atoms with Crippen LogP contribution in [0.2, 0.25) is 0 Å². The van der Waals surface area contributed by atoms with Gasteiger partial charge in [-0.05, 0) is 50.8 Å². The average molecular weight is 361 g/mol. The Morgan fingerprint density at radius 1 is 1.15 bits per heavy atom. The summed E-state index contributed by atoms with van der Waals surface area (Å²) in [7, 11) is 0. The van der Waals surface area contributed by atoms with Crippen molar-refractivity contribution in [3.8, 4) is 0 Å². The Balaban J connectivity index is 1.76. The van der Waals surface area contributed by atoms with Crippen molar-refractivity contribution in [2.24, 2.45) is 0 Å². The maximum Gasteiger partial charge on any atom is 0.409 e. The second-order valence-corrected chi connectivity index (χ2v) is 6.50. The van der Waals surface area contributed by atoms with Crippen molar-refractivity contribution in [3.05, 3.63) is 29.3 Å². The number of ether oxygens (including phenoxy) is 1. The van der Waals surface area contributed by atoms with Crippen LogP contribution < -0.4 is 10.6 Å². The summed E-state index contributed by atoms with van der Waals surface area (Å²) in [6, 6.07) is 5.64. The minimum atomic E-state index is -0.333. The highest BCUT2D eigenvalue weighted by Crippen LogP contribution is 2.18. The van der Waals surface area contributed by atoms with Crippen molar-refractivity contribution >= 4 is 23.6 Å². The predicted octanol–water partition coefficient (Wildman–Crippen LogP) is 2.37. The van der Waals surface area contributed by atoms with Crippen molar-refractivity contribution in [1.29, 1.82) is 0 Å². The first-order valence-corrected chi connectivity index (χ1v) is 8.97. The summed E-state index contributed by atoms with van der Waals surface area (Å²) in [5.41, 5.74) is 2.80. The third-order valence-electron chi connectivity index (χ3n) is 4.59.